The Morgan fingerprint density at radius 3 is 2.13 bits per heavy atom. The fourth-order valence-electron chi connectivity index (χ4n) is 2.38. The van der Waals surface area contributed by atoms with E-state index in [1.54, 1.807) is 7.11 Å². The lowest BCUT2D eigenvalue weighted by Gasteiger charge is -2.24. The zero-order valence-corrected chi connectivity index (χ0v) is 12.9. The summed E-state index contributed by atoms with van der Waals surface area (Å²) in [5, 5.41) is 0. The molecule has 3 rings (SSSR count). The monoisotopic (exact) mass is 314 g/mol. The van der Waals surface area contributed by atoms with Crippen LogP contribution in [0.5, 0.6) is 11.5 Å². The Bertz CT molecular complexity index is 635. The Labute approximate surface area is 134 Å². The normalized spacial score (nSPS) is 13.6. The third-order valence-corrected chi connectivity index (χ3v) is 3.52. The van der Waals surface area contributed by atoms with Gasteiger partial charge in [0.2, 0.25) is 0 Å². The molecule has 23 heavy (non-hydrogen) atoms. The summed E-state index contributed by atoms with van der Waals surface area (Å²) >= 11 is 0. The van der Waals surface area contributed by atoms with E-state index in [1.165, 1.54) is 0 Å². The smallest absolute Gasteiger partial charge is 0.389 e. The number of rotatable bonds is 4. The van der Waals surface area contributed by atoms with Crippen molar-refractivity contribution in [3.05, 3.63) is 59.7 Å². The van der Waals surface area contributed by atoms with Gasteiger partial charge in [-0.25, -0.2) is 4.79 Å². The zero-order valence-electron chi connectivity index (χ0n) is 12.9. The highest BCUT2D eigenvalue weighted by atomic mass is 16.7. The molecule has 0 atom stereocenters. The van der Waals surface area contributed by atoms with Gasteiger partial charge in [-0.3, -0.25) is 0 Å². The minimum atomic E-state index is -1.14. The molecule has 0 spiro atoms. The van der Waals surface area contributed by atoms with Crippen molar-refractivity contribution < 1.29 is 23.7 Å². The Morgan fingerprint density at radius 2 is 1.57 bits per heavy atom. The van der Waals surface area contributed by atoms with Crippen LogP contribution in [0.3, 0.4) is 0 Å². The second-order valence-corrected chi connectivity index (χ2v) is 5.12. The molecule has 0 aliphatic carbocycles. The van der Waals surface area contributed by atoms with Gasteiger partial charge in [0.05, 0.1) is 6.61 Å². The second-order valence-electron chi connectivity index (χ2n) is 5.12. The largest absolute Gasteiger partial charge is 0.458 e. The standard InChI is InChI=1S/C18H18O5/c1-20-10-11-21-17(19)18-22-15-8-4-2-6-13(15)12-14-7-3-5-9-16(14)23-18/h2-9,18H,10-12H2,1H3. The molecule has 1 heterocycles. The summed E-state index contributed by atoms with van der Waals surface area (Å²) in [5.74, 6) is 0.667. The van der Waals surface area contributed by atoms with Crippen LogP contribution < -0.4 is 9.47 Å². The highest BCUT2D eigenvalue weighted by molar-refractivity contribution is 5.74. The van der Waals surface area contributed by atoms with Gasteiger partial charge >= 0.3 is 12.3 Å². The SMILES string of the molecule is COCCOC(=O)C1Oc2ccccc2Cc2ccccc2O1. The van der Waals surface area contributed by atoms with E-state index < -0.39 is 12.3 Å². The molecule has 0 amide bonds. The predicted molar refractivity (Wildman–Crippen MR) is 83.6 cm³/mol. The van der Waals surface area contributed by atoms with Crippen molar-refractivity contribution in [2.75, 3.05) is 20.3 Å². The minimum Gasteiger partial charge on any atom is -0.458 e. The van der Waals surface area contributed by atoms with Gasteiger partial charge in [-0.15, -0.1) is 0 Å². The lowest BCUT2D eigenvalue weighted by Crippen LogP contribution is -2.36. The van der Waals surface area contributed by atoms with E-state index in [9.17, 15) is 4.79 Å². The third kappa shape index (κ3) is 3.63. The van der Waals surface area contributed by atoms with Crippen LogP contribution in [0.1, 0.15) is 11.1 Å². The topological polar surface area (TPSA) is 54.0 Å². The first kappa shape index (κ1) is 15.4. The van der Waals surface area contributed by atoms with Crippen molar-refractivity contribution in [2.45, 2.75) is 12.7 Å². The molecular weight excluding hydrogens is 296 g/mol. The predicted octanol–water partition coefficient (Wildman–Crippen LogP) is 2.56. The fourth-order valence-corrected chi connectivity index (χ4v) is 2.38. The summed E-state index contributed by atoms with van der Waals surface area (Å²) in [5.41, 5.74) is 2.00. The van der Waals surface area contributed by atoms with E-state index in [2.05, 4.69) is 0 Å². The van der Waals surface area contributed by atoms with Crippen molar-refractivity contribution in [1.82, 2.24) is 0 Å². The molecule has 0 aromatic heterocycles. The molecule has 0 radical (unpaired) electrons. The maximum atomic E-state index is 12.2. The van der Waals surface area contributed by atoms with Gasteiger partial charge in [0.25, 0.3) is 0 Å². The van der Waals surface area contributed by atoms with Gasteiger partial charge in [0, 0.05) is 13.5 Å². The number of esters is 1. The van der Waals surface area contributed by atoms with E-state index in [0.717, 1.165) is 11.1 Å². The lowest BCUT2D eigenvalue weighted by atomic mass is 10.0. The van der Waals surface area contributed by atoms with Gasteiger partial charge in [-0.05, 0) is 23.3 Å². The van der Waals surface area contributed by atoms with Crippen LogP contribution in [-0.2, 0) is 20.7 Å². The Hall–Kier alpha value is -2.53. The number of hydrogen-bond donors (Lipinski definition) is 0. The number of fused-ring (bicyclic) bond motifs is 2. The summed E-state index contributed by atoms with van der Waals surface area (Å²) in [7, 11) is 1.54. The van der Waals surface area contributed by atoms with Crippen LogP contribution in [0.15, 0.2) is 48.5 Å². The third-order valence-electron chi connectivity index (χ3n) is 3.52. The number of hydrogen-bond acceptors (Lipinski definition) is 5. The maximum Gasteiger partial charge on any atom is 0.389 e. The number of methoxy groups -OCH3 is 1. The van der Waals surface area contributed by atoms with Gasteiger partial charge < -0.3 is 18.9 Å². The number of para-hydroxylation sites is 2. The average molecular weight is 314 g/mol. The quantitative estimate of drug-likeness (QED) is 0.641. The van der Waals surface area contributed by atoms with Crippen molar-refractivity contribution in [3.63, 3.8) is 0 Å². The summed E-state index contributed by atoms with van der Waals surface area (Å²) in [6.07, 6.45) is -0.466. The molecule has 0 bridgehead atoms. The minimum absolute atomic E-state index is 0.155. The Morgan fingerprint density at radius 1 is 1.00 bits per heavy atom. The highest BCUT2D eigenvalue weighted by Crippen LogP contribution is 2.30. The average Bonchev–Trinajstić information content (AvgIpc) is 2.55. The van der Waals surface area contributed by atoms with Crippen LogP contribution in [0.2, 0.25) is 0 Å². The number of ether oxygens (including phenoxy) is 4. The first-order chi connectivity index (χ1) is 11.3. The number of benzene rings is 2. The van der Waals surface area contributed by atoms with Crippen LogP contribution >= 0.6 is 0 Å². The summed E-state index contributed by atoms with van der Waals surface area (Å²) in [4.78, 5) is 12.2. The molecule has 0 saturated heterocycles. The summed E-state index contributed by atoms with van der Waals surface area (Å²) < 4.78 is 21.5. The molecule has 120 valence electrons. The summed E-state index contributed by atoms with van der Waals surface area (Å²) in [6, 6.07) is 15.2. The van der Waals surface area contributed by atoms with Crippen molar-refractivity contribution in [3.8, 4) is 11.5 Å². The summed E-state index contributed by atoms with van der Waals surface area (Å²) in [6.45, 7) is 0.480. The molecular formula is C18H18O5. The second kappa shape index (κ2) is 7.15. The van der Waals surface area contributed by atoms with Crippen LogP contribution in [0.25, 0.3) is 0 Å². The molecule has 0 saturated carbocycles. The Kier molecular flexibility index (Phi) is 4.78. The molecule has 0 N–H and O–H groups in total. The fraction of sp³-hybridized carbons (Fsp3) is 0.278. The van der Waals surface area contributed by atoms with Crippen LogP contribution in [0, 0.1) is 0 Å². The van der Waals surface area contributed by atoms with Gasteiger partial charge in [0.15, 0.2) is 0 Å². The molecule has 1 aliphatic rings. The Balaban J connectivity index is 1.88. The first-order valence-corrected chi connectivity index (χ1v) is 7.42. The number of carbonyl (C=O) groups is 1. The highest BCUT2D eigenvalue weighted by Gasteiger charge is 2.28. The van der Waals surface area contributed by atoms with Crippen molar-refractivity contribution in [2.24, 2.45) is 0 Å². The molecule has 5 heteroatoms. The van der Waals surface area contributed by atoms with Crippen molar-refractivity contribution >= 4 is 5.97 Å². The molecule has 0 fully saturated rings. The van der Waals surface area contributed by atoms with Crippen LogP contribution in [-0.4, -0.2) is 32.6 Å². The van der Waals surface area contributed by atoms with E-state index in [0.29, 0.717) is 24.5 Å². The molecule has 2 aromatic carbocycles. The van der Waals surface area contributed by atoms with Gasteiger partial charge in [0.1, 0.15) is 18.1 Å². The van der Waals surface area contributed by atoms with E-state index >= 15 is 0 Å². The van der Waals surface area contributed by atoms with Gasteiger partial charge in [-0.2, -0.15) is 0 Å². The van der Waals surface area contributed by atoms with E-state index in [4.69, 9.17) is 18.9 Å². The lowest BCUT2D eigenvalue weighted by molar-refractivity contribution is -0.167. The zero-order chi connectivity index (χ0) is 16.1. The van der Waals surface area contributed by atoms with Crippen LogP contribution in [0.4, 0.5) is 0 Å². The van der Waals surface area contributed by atoms with Crippen molar-refractivity contribution in [1.29, 1.82) is 0 Å². The molecule has 2 aromatic rings. The molecule has 5 nitrogen and oxygen atoms in total. The maximum absolute atomic E-state index is 12.2. The van der Waals surface area contributed by atoms with E-state index in [1.807, 2.05) is 48.5 Å². The number of carbonyl (C=O) groups excluding carboxylic acids is 1. The first-order valence-electron chi connectivity index (χ1n) is 7.42. The van der Waals surface area contributed by atoms with E-state index in [-0.39, 0.29) is 6.61 Å². The molecule has 0 unspecified atom stereocenters. The van der Waals surface area contributed by atoms with Gasteiger partial charge in [-0.1, -0.05) is 36.4 Å². The molecule has 1 aliphatic heterocycles.